The highest BCUT2D eigenvalue weighted by Gasteiger charge is 2.34. The van der Waals surface area contributed by atoms with Crippen molar-refractivity contribution < 1.29 is 22.0 Å². The maximum absolute atomic E-state index is 14.2. The van der Waals surface area contributed by atoms with Crippen molar-refractivity contribution in [1.29, 1.82) is 0 Å². The van der Waals surface area contributed by atoms with Crippen LogP contribution in [-0.4, -0.2) is 31.6 Å². The molecule has 1 saturated heterocycles. The molecule has 4 rings (SSSR count). The molecule has 1 aliphatic rings. The van der Waals surface area contributed by atoms with Crippen molar-refractivity contribution in [3.63, 3.8) is 0 Å². The highest BCUT2D eigenvalue weighted by atomic mass is 32.2. The number of carbonyl (C=O) groups is 1. The molecule has 0 spiro atoms. The maximum Gasteiger partial charge on any atom is 0.243 e. The highest BCUT2D eigenvalue weighted by Crippen LogP contribution is 2.27. The molecule has 1 aliphatic heterocycles. The molecule has 32 heavy (non-hydrogen) atoms. The lowest BCUT2D eigenvalue weighted by Gasteiger charge is -2.29. The second-order valence-electron chi connectivity index (χ2n) is 7.30. The van der Waals surface area contributed by atoms with Gasteiger partial charge in [0, 0.05) is 35.4 Å². The summed E-state index contributed by atoms with van der Waals surface area (Å²) in [4.78, 5) is 13.2. The van der Waals surface area contributed by atoms with Gasteiger partial charge in [-0.3, -0.25) is 4.79 Å². The first kappa shape index (κ1) is 21.8. The topological polar surface area (TPSA) is 54.5 Å². The zero-order chi connectivity index (χ0) is 22.7. The average molecular weight is 451 g/mol. The summed E-state index contributed by atoms with van der Waals surface area (Å²) in [5.74, 6) is -1.51. The van der Waals surface area contributed by atoms with Gasteiger partial charge in [0.1, 0.15) is 11.6 Å². The van der Waals surface area contributed by atoms with Crippen LogP contribution in [0.15, 0.2) is 94.9 Å². The number of nitrogens with zero attached hydrogens (tertiary/aromatic N) is 1. The Balaban J connectivity index is 1.82. The number of hydrogen-bond acceptors (Lipinski definition) is 3. The van der Waals surface area contributed by atoms with E-state index in [1.807, 2.05) is 0 Å². The van der Waals surface area contributed by atoms with Gasteiger partial charge < -0.3 is 0 Å². The predicted molar refractivity (Wildman–Crippen MR) is 119 cm³/mol. The van der Waals surface area contributed by atoms with Crippen LogP contribution in [0.5, 0.6) is 0 Å². The lowest BCUT2D eigenvalue weighted by atomic mass is 9.95. The summed E-state index contributed by atoms with van der Waals surface area (Å²) in [6.45, 7) is -0.446. The first-order valence-electron chi connectivity index (χ1n) is 9.86. The fraction of sp³-hybridized carbons (Fsp3) is 0.0800. The zero-order valence-corrected chi connectivity index (χ0v) is 17.7. The Labute approximate surface area is 185 Å². The van der Waals surface area contributed by atoms with Gasteiger partial charge in [0.2, 0.25) is 10.0 Å². The molecule has 1 fully saturated rings. The van der Waals surface area contributed by atoms with Gasteiger partial charge in [-0.15, -0.1) is 0 Å². The summed E-state index contributed by atoms with van der Waals surface area (Å²) in [6, 6.07) is 19.6. The SMILES string of the molecule is O=C1/C(=C/c2ccccc2F)CN(S(=O)(=O)c2ccccc2)C/C1=C\c1ccccc1F. The van der Waals surface area contributed by atoms with E-state index in [0.29, 0.717) is 0 Å². The Kier molecular flexibility index (Phi) is 6.12. The first-order valence-corrected chi connectivity index (χ1v) is 11.3. The van der Waals surface area contributed by atoms with Crippen LogP contribution in [0.2, 0.25) is 0 Å². The molecule has 0 amide bonds. The van der Waals surface area contributed by atoms with E-state index in [1.54, 1.807) is 30.3 Å². The summed E-state index contributed by atoms with van der Waals surface area (Å²) in [6.07, 6.45) is 2.69. The average Bonchev–Trinajstić information content (AvgIpc) is 2.79. The van der Waals surface area contributed by atoms with Crippen molar-refractivity contribution in [2.45, 2.75) is 4.90 Å². The van der Waals surface area contributed by atoms with Crippen molar-refractivity contribution in [3.05, 3.63) is 113 Å². The van der Waals surface area contributed by atoms with Crippen molar-refractivity contribution in [3.8, 4) is 0 Å². The van der Waals surface area contributed by atoms with E-state index in [2.05, 4.69) is 0 Å². The second-order valence-corrected chi connectivity index (χ2v) is 9.24. The van der Waals surface area contributed by atoms with E-state index in [-0.39, 0.29) is 40.3 Å². The zero-order valence-electron chi connectivity index (χ0n) is 16.9. The third-order valence-corrected chi connectivity index (χ3v) is 6.93. The summed E-state index contributed by atoms with van der Waals surface area (Å²) in [7, 11) is -3.94. The van der Waals surface area contributed by atoms with Gasteiger partial charge in [-0.2, -0.15) is 4.31 Å². The van der Waals surface area contributed by atoms with E-state index in [1.165, 1.54) is 60.7 Å². The molecule has 0 atom stereocenters. The number of carbonyl (C=O) groups excluding carboxylic acids is 1. The molecule has 0 bridgehead atoms. The number of hydrogen-bond donors (Lipinski definition) is 0. The van der Waals surface area contributed by atoms with E-state index in [9.17, 15) is 22.0 Å². The number of Topliss-reactive ketones (excluding diaryl/α,β-unsaturated/α-hetero) is 1. The van der Waals surface area contributed by atoms with E-state index < -0.39 is 27.4 Å². The minimum Gasteiger partial charge on any atom is -0.289 e. The predicted octanol–water partition coefficient (Wildman–Crippen LogP) is 4.71. The molecular formula is C25H19F2NO3S. The molecule has 7 heteroatoms. The second kappa shape index (κ2) is 8.98. The Morgan fingerprint density at radius 3 is 1.59 bits per heavy atom. The molecule has 0 aromatic heterocycles. The number of benzene rings is 3. The van der Waals surface area contributed by atoms with Crippen LogP contribution in [0.4, 0.5) is 8.78 Å². The van der Waals surface area contributed by atoms with Crippen molar-refractivity contribution >= 4 is 28.0 Å². The van der Waals surface area contributed by atoms with E-state index in [4.69, 9.17) is 0 Å². The molecule has 1 heterocycles. The normalized spacial score (nSPS) is 17.8. The van der Waals surface area contributed by atoms with Gasteiger partial charge in [-0.1, -0.05) is 54.6 Å². The van der Waals surface area contributed by atoms with Gasteiger partial charge >= 0.3 is 0 Å². The molecule has 3 aromatic carbocycles. The van der Waals surface area contributed by atoms with Gasteiger partial charge in [-0.05, 0) is 36.4 Å². The lowest BCUT2D eigenvalue weighted by Crippen LogP contribution is -2.41. The monoisotopic (exact) mass is 451 g/mol. The highest BCUT2D eigenvalue weighted by molar-refractivity contribution is 7.89. The van der Waals surface area contributed by atoms with E-state index >= 15 is 0 Å². The van der Waals surface area contributed by atoms with Crippen LogP contribution < -0.4 is 0 Å². The Morgan fingerprint density at radius 2 is 1.12 bits per heavy atom. The third kappa shape index (κ3) is 4.44. The van der Waals surface area contributed by atoms with Crippen molar-refractivity contribution in [1.82, 2.24) is 4.31 Å². The van der Waals surface area contributed by atoms with Gasteiger partial charge in [0.25, 0.3) is 0 Å². The van der Waals surface area contributed by atoms with Crippen LogP contribution in [0.1, 0.15) is 11.1 Å². The van der Waals surface area contributed by atoms with Gasteiger partial charge in [0.15, 0.2) is 5.78 Å². The third-order valence-electron chi connectivity index (χ3n) is 5.13. The van der Waals surface area contributed by atoms with Crippen LogP contribution in [0.25, 0.3) is 12.2 Å². The smallest absolute Gasteiger partial charge is 0.243 e. The van der Waals surface area contributed by atoms with Crippen LogP contribution in [0.3, 0.4) is 0 Å². The van der Waals surface area contributed by atoms with E-state index in [0.717, 1.165) is 4.31 Å². The molecule has 0 saturated carbocycles. The Hall–Kier alpha value is -3.42. The fourth-order valence-electron chi connectivity index (χ4n) is 3.48. The largest absolute Gasteiger partial charge is 0.289 e. The summed E-state index contributed by atoms with van der Waals surface area (Å²) in [5.41, 5.74) is 0.534. The van der Waals surface area contributed by atoms with Gasteiger partial charge in [-0.25, -0.2) is 17.2 Å². The molecule has 162 valence electrons. The minimum atomic E-state index is -3.94. The summed E-state index contributed by atoms with van der Waals surface area (Å²) < 4.78 is 56.0. The van der Waals surface area contributed by atoms with Crippen LogP contribution in [0, 0.1) is 11.6 Å². The number of rotatable bonds is 4. The first-order chi connectivity index (χ1) is 15.4. The molecule has 3 aromatic rings. The molecule has 0 aliphatic carbocycles. The molecular weight excluding hydrogens is 432 g/mol. The van der Waals surface area contributed by atoms with Crippen LogP contribution >= 0.6 is 0 Å². The standard InChI is InChI=1S/C25H19F2NO3S/c26-23-12-6-4-8-18(23)14-20-16-28(32(30,31)22-10-2-1-3-11-22)17-21(25(20)29)15-19-9-5-7-13-24(19)27/h1-15H,16-17H2/b20-14+,21-15+. The molecule has 4 nitrogen and oxygen atoms in total. The number of piperidine rings is 1. The molecule has 0 unspecified atom stereocenters. The number of ketones is 1. The fourth-order valence-corrected chi connectivity index (χ4v) is 4.90. The summed E-state index contributed by atoms with van der Waals surface area (Å²) >= 11 is 0. The summed E-state index contributed by atoms with van der Waals surface area (Å²) in [5, 5.41) is 0. The van der Waals surface area contributed by atoms with Gasteiger partial charge in [0.05, 0.1) is 4.90 Å². The van der Waals surface area contributed by atoms with Crippen molar-refractivity contribution in [2.24, 2.45) is 0 Å². The quantitative estimate of drug-likeness (QED) is 0.540. The lowest BCUT2D eigenvalue weighted by molar-refractivity contribution is -0.113. The van der Waals surface area contributed by atoms with Crippen LogP contribution in [-0.2, 0) is 14.8 Å². The molecule has 0 N–H and O–H groups in total. The Bertz CT molecular complexity index is 1260. The van der Waals surface area contributed by atoms with Crippen molar-refractivity contribution in [2.75, 3.05) is 13.1 Å². The molecule has 0 radical (unpaired) electrons. The number of sulfonamides is 1. The number of halogens is 2. The Morgan fingerprint density at radius 1 is 0.688 bits per heavy atom. The maximum atomic E-state index is 14.2. The minimum absolute atomic E-state index is 0.0739.